The Balaban J connectivity index is 1.87. The summed E-state index contributed by atoms with van der Waals surface area (Å²) < 4.78 is 15.9. The Kier molecular flexibility index (Phi) is 10.1. The molecule has 1 unspecified atom stereocenters. The highest BCUT2D eigenvalue weighted by atomic mass is 16.7. The zero-order chi connectivity index (χ0) is 15.3. The Morgan fingerprint density at radius 3 is 2.67 bits per heavy atom. The number of unbranched alkanes of at least 4 members (excludes halogenated alkanes) is 3. The lowest BCUT2D eigenvalue weighted by molar-refractivity contribution is -0.162. The van der Waals surface area contributed by atoms with Crippen LogP contribution in [0.5, 0.6) is 0 Å². The van der Waals surface area contributed by atoms with E-state index in [-0.39, 0.29) is 18.5 Å². The molecular weight excluding hydrogens is 272 g/mol. The Morgan fingerprint density at radius 2 is 1.95 bits per heavy atom. The van der Waals surface area contributed by atoms with E-state index in [9.17, 15) is 9.59 Å². The molecule has 21 heavy (non-hydrogen) atoms. The number of hydrogen-bond acceptors (Lipinski definition) is 5. The monoisotopic (exact) mass is 300 g/mol. The van der Waals surface area contributed by atoms with Crippen molar-refractivity contribution in [1.82, 2.24) is 0 Å². The van der Waals surface area contributed by atoms with Gasteiger partial charge in [-0.1, -0.05) is 12.8 Å². The van der Waals surface area contributed by atoms with Crippen LogP contribution in [0.3, 0.4) is 0 Å². The molecule has 0 amide bonds. The van der Waals surface area contributed by atoms with Gasteiger partial charge in [0.2, 0.25) is 0 Å². The molecule has 0 aliphatic carbocycles. The Morgan fingerprint density at radius 1 is 1.14 bits per heavy atom. The molecule has 0 bridgehead atoms. The van der Waals surface area contributed by atoms with Gasteiger partial charge in [0, 0.05) is 19.6 Å². The van der Waals surface area contributed by atoms with E-state index in [1.165, 1.54) is 6.42 Å². The lowest BCUT2D eigenvalue weighted by atomic mass is 10.1. The van der Waals surface area contributed by atoms with Crippen LogP contribution < -0.4 is 0 Å². The third-order valence-corrected chi connectivity index (χ3v) is 3.44. The molecule has 5 nitrogen and oxygen atoms in total. The third kappa shape index (κ3) is 9.58. The maximum Gasteiger partial charge on any atom is 0.313 e. The lowest BCUT2D eigenvalue weighted by Gasteiger charge is -2.22. The number of esters is 1. The standard InChI is InChI=1S/C16H28O5/c1-2-19-15(18)13-14(17)9-5-3-4-7-11-20-16-10-6-8-12-21-16/h16H,2-13H2,1H3. The van der Waals surface area contributed by atoms with Crippen molar-refractivity contribution in [1.29, 1.82) is 0 Å². The molecule has 1 aliphatic rings. The van der Waals surface area contributed by atoms with Crippen LogP contribution in [0.2, 0.25) is 0 Å². The summed E-state index contributed by atoms with van der Waals surface area (Å²) in [5, 5.41) is 0. The second-order valence-electron chi connectivity index (χ2n) is 5.35. The summed E-state index contributed by atoms with van der Waals surface area (Å²) in [5.41, 5.74) is 0. The fraction of sp³-hybridized carbons (Fsp3) is 0.875. The summed E-state index contributed by atoms with van der Waals surface area (Å²) in [6.07, 6.45) is 7.55. The summed E-state index contributed by atoms with van der Waals surface area (Å²) >= 11 is 0. The van der Waals surface area contributed by atoms with Gasteiger partial charge in [-0.15, -0.1) is 0 Å². The molecule has 0 aromatic carbocycles. The van der Waals surface area contributed by atoms with Crippen molar-refractivity contribution < 1.29 is 23.8 Å². The highest BCUT2D eigenvalue weighted by Gasteiger charge is 2.13. The van der Waals surface area contributed by atoms with Crippen LogP contribution in [-0.4, -0.2) is 37.9 Å². The first-order valence-electron chi connectivity index (χ1n) is 8.13. The minimum Gasteiger partial charge on any atom is -0.466 e. The van der Waals surface area contributed by atoms with E-state index in [2.05, 4.69) is 0 Å². The highest BCUT2D eigenvalue weighted by Crippen LogP contribution is 2.14. The summed E-state index contributed by atoms with van der Waals surface area (Å²) in [5.74, 6) is -0.441. The fourth-order valence-electron chi connectivity index (χ4n) is 2.30. The number of ether oxygens (including phenoxy) is 3. The van der Waals surface area contributed by atoms with Crippen LogP contribution in [0.15, 0.2) is 0 Å². The Hall–Kier alpha value is -0.940. The number of ketones is 1. The van der Waals surface area contributed by atoms with Gasteiger partial charge < -0.3 is 14.2 Å². The number of Topliss-reactive ketones (excluding diaryl/α,β-unsaturated/α-hetero) is 1. The van der Waals surface area contributed by atoms with E-state index in [4.69, 9.17) is 14.2 Å². The zero-order valence-corrected chi connectivity index (χ0v) is 13.1. The third-order valence-electron chi connectivity index (χ3n) is 3.44. The van der Waals surface area contributed by atoms with Gasteiger partial charge in [0.1, 0.15) is 12.2 Å². The van der Waals surface area contributed by atoms with Gasteiger partial charge in [0.05, 0.1) is 6.61 Å². The topological polar surface area (TPSA) is 61.8 Å². The molecule has 5 heteroatoms. The fourth-order valence-corrected chi connectivity index (χ4v) is 2.30. The normalized spacial score (nSPS) is 18.4. The Bertz CT molecular complexity index is 297. The molecule has 1 atom stereocenters. The van der Waals surface area contributed by atoms with Crippen LogP contribution in [-0.2, 0) is 23.8 Å². The van der Waals surface area contributed by atoms with Crippen molar-refractivity contribution in [2.24, 2.45) is 0 Å². The molecule has 0 aromatic heterocycles. The molecule has 1 aliphatic heterocycles. The van der Waals surface area contributed by atoms with Crippen LogP contribution in [0.25, 0.3) is 0 Å². The minimum atomic E-state index is -0.414. The van der Waals surface area contributed by atoms with Crippen molar-refractivity contribution in [2.75, 3.05) is 19.8 Å². The van der Waals surface area contributed by atoms with E-state index in [0.717, 1.165) is 51.7 Å². The molecule has 0 saturated carbocycles. The average molecular weight is 300 g/mol. The first kappa shape index (κ1) is 18.1. The molecule has 0 spiro atoms. The number of carbonyl (C=O) groups is 2. The molecule has 0 N–H and O–H groups in total. The SMILES string of the molecule is CCOC(=O)CC(=O)CCCCCCOC1CCCCO1. The van der Waals surface area contributed by atoms with Gasteiger partial charge in [-0.3, -0.25) is 9.59 Å². The van der Waals surface area contributed by atoms with Crippen LogP contribution in [0, 0.1) is 0 Å². The van der Waals surface area contributed by atoms with Crippen LogP contribution >= 0.6 is 0 Å². The van der Waals surface area contributed by atoms with E-state index in [0.29, 0.717) is 13.0 Å². The Labute approximate surface area is 127 Å². The van der Waals surface area contributed by atoms with Gasteiger partial charge in [0.25, 0.3) is 0 Å². The predicted octanol–water partition coefficient (Wildman–Crippen LogP) is 3.00. The second-order valence-corrected chi connectivity index (χ2v) is 5.35. The minimum absolute atomic E-state index is 0.00935. The van der Waals surface area contributed by atoms with E-state index >= 15 is 0 Å². The number of carbonyl (C=O) groups excluding carboxylic acids is 2. The van der Waals surface area contributed by atoms with Crippen molar-refractivity contribution in [2.45, 2.75) is 71.0 Å². The summed E-state index contributed by atoms with van der Waals surface area (Å²) in [7, 11) is 0. The van der Waals surface area contributed by atoms with Crippen molar-refractivity contribution in [3.63, 3.8) is 0 Å². The van der Waals surface area contributed by atoms with E-state index in [1.54, 1.807) is 6.92 Å². The molecule has 1 saturated heterocycles. The number of rotatable bonds is 11. The first-order chi connectivity index (χ1) is 10.2. The molecule has 122 valence electrons. The lowest BCUT2D eigenvalue weighted by Crippen LogP contribution is -2.22. The van der Waals surface area contributed by atoms with Crippen LogP contribution in [0.4, 0.5) is 0 Å². The van der Waals surface area contributed by atoms with Gasteiger partial charge in [0.15, 0.2) is 6.29 Å². The van der Waals surface area contributed by atoms with Crippen LogP contribution in [0.1, 0.15) is 64.7 Å². The first-order valence-corrected chi connectivity index (χ1v) is 8.13. The maximum absolute atomic E-state index is 11.5. The van der Waals surface area contributed by atoms with Gasteiger partial charge in [-0.2, -0.15) is 0 Å². The average Bonchev–Trinajstić information content (AvgIpc) is 2.47. The predicted molar refractivity (Wildman–Crippen MR) is 78.9 cm³/mol. The van der Waals surface area contributed by atoms with Gasteiger partial charge >= 0.3 is 5.97 Å². The molecule has 1 fully saturated rings. The quantitative estimate of drug-likeness (QED) is 0.333. The smallest absolute Gasteiger partial charge is 0.313 e. The van der Waals surface area contributed by atoms with E-state index < -0.39 is 5.97 Å². The van der Waals surface area contributed by atoms with E-state index in [1.807, 2.05) is 0 Å². The molecular formula is C16H28O5. The van der Waals surface area contributed by atoms with Gasteiger partial charge in [-0.05, 0) is 39.0 Å². The highest BCUT2D eigenvalue weighted by molar-refractivity contribution is 5.95. The van der Waals surface area contributed by atoms with Crippen molar-refractivity contribution in [3.8, 4) is 0 Å². The van der Waals surface area contributed by atoms with Gasteiger partial charge in [-0.25, -0.2) is 0 Å². The molecule has 1 heterocycles. The maximum atomic E-state index is 11.5. The van der Waals surface area contributed by atoms with Crippen molar-refractivity contribution in [3.05, 3.63) is 0 Å². The molecule has 0 aromatic rings. The number of hydrogen-bond donors (Lipinski definition) is 0. The summed E-state index contributed by atoms with van der Waals surface area (Å²) in [6.45, 7) is 3.61. The molecule has 0 radical (unpaired) electrons. The van der Waals surface area contributed by atoms with Crippen molar-refractivity contribution >= 4 is 11.8 Å². The largest absolute Gasteiger partial charge is 0.466 e. The molecule has 1 rings (SSSR count). The summed E-state index contributed by atoms with van der Waals surface area (Å²) in [6, 6.07) is 0. The summed E-state index contributed by atoms with van der Waals surface area (Å²) in [4.78, 5) is 22.6. The zero-order valence-electron chi connectivity index (χ0n) is 13.1. The second kappa shape index (κ2) is 11.7.